The Hall–Kier alpha value is -0.980. The van der Waals surface area contributed by atoms with Gasteiger partial charge in [0, 0.05) is 5.41 Å². The fourth-order valence-corrected chi connectivity index (χ4v) is 2.03. The molecule has 0 saturated heterocycles. The SMILES string of the molecule is CCC1(COc2ccccc2)CCC1. The quantitative estimate of drug-likeness (QED) is 0.704. The average Bonchev–Trinajstić information content (AvgIpc) is 2.19. The highest BCUT2D eigenvalue weighted by Gasteiger charge is 2.35. The summed E-state index contributed by atoms with van der Waals surface area (Å²) in [6, 6.07) is 10.1. The molecule has 1 aromatic rings. The third kappa shape index (κ3) is 1.92. The van der Waals surface area contributed by atoms with Crippen molar-refractivity contribution in [1.82, 2.24) is 0 Å². The zero-order valence-electron chi connectivity index (χ0n) is 8.83. The Kier molecular flexibility index (Phi) is 2.76. The van der Waals surface area contributed by atoms with Crippen LogP contribution in [0.5, 0.6) is 5.75 Å². The number of ether oxygens (including phenoxy) is 1. The van der Waals surface area contributed by atoms with Crippen LogP contribution in [0.4, 0.5) is 0 Å². The second kappa shape index (κ2) is 4.04. The highest BCUT2D eigenvalue weighted by atomic mass is 16.5. The summed E-state index contributed by atoms with van der Waals surface area (Å²) in [6.45, 7) is 3.17. The minimum atomic E-state index is 0.496. The molecule has 1 aromatic carbocycles. The Balaban J connectivity index is 1.88. The monoisotopic (exact) mass is 190 g/mol. The fraction of sp³-hybridized carbons (Fsp3) is 0.538. The van der Waals surface area contributed by atoms with Crippen LogP contribution in [0.2, 0.25) is 0 Å². The number of para-hydroxylation sites is 1. The molecule has 0 atom stereocenters. The van der Waals surface area contributed by atoms with E-state index in [1.807, 2.05) is 30.3 Å². The van der Waals surface area contributed by atoms with E-state index in [9.17, 15) is 0 Å². The fourth-order valence-electron chi connectivity index (χ4n) is 2.03. The first-order chi connectivity index (χ1) is 6.85. The first kappa shape index (κ1) is 9.57. The molecule has 76 valence electrons. The molecule has 0 radical (unpaired) electrons. The topological polar surface area (TPSA) is 9.23 Å². The second-order valence-corrected chi connectivity index (χ2v) is 4.31. The van der Waals surface area contributed by atoms with Crippen molar-refractivity contribution in [2.75, 3.05) is 6.61 Å². The predicted octanol–water partition coefficient (Wildman–Crippen LogP) is 3.65. The van der Waals surface area contributed by atoms with E-state index in [0.717, 1.165) is 12.4 Å². The van der Waals surface area contributed by atoms with Gasteiger partial charge in [-0.25, -0.2) is 0 Å². The molecule has 1 aliphatic rings. The van der Waals surface area contributed by atoms with Crippen molar-refractivity contribution < 1.29 is 4.74 Å². The first-order valence-electron chi connectivity index (χ1n) is 5.52. The molecule has 0 unspecified atom stereocenters. The largest absolute Gasteiger partial charge is 0.493 e. The molecule has 14 heavy (non-hydrogen) atoms. The summed E-state index contributed by atoms with van der Waals surface area (Å²) in [5.41, 5.74) is 0.496. The van der Waals surface area contributed by atoms with E-state index in [2.05, 4.69) is 6.92 Å². The van der Waals surface area contributed by atoms with Crippen molar-refractivity contribution in [2.45, 2.75) is 32.6 Å². The molecule has 1 heteroatoms. The van der Waals surface area contributed by atoms with E-state index in [0.29, 0.717) is 5.41 Å². The molecular formula is C13H18O. The highest BCUT2D eigenvalue weighted by molar-refractivity contribution is 5.21. The van der Waals surface area contributed by atoms with E-state index in [1.165, 1.54) is 25.7 Å². The predicted molar refractivity (Wildman–Crippen MR) is 58.5 cm³/mol. The molecule has 1 saturated carbocycles. The van der Waals surface area contributed by atoms with E-state index in [4.69, 9.17) is 4.74 Å². The van der Waals surface area contributed by atoms with Gasteiger partial charge >= 0.3 is 0 Å². The van der Waals surface area contributed by atoms with Crippen molar-refractivity contribution in [3.05, 3.63) is 30.3 Å². The molecule has 1 fully saturated rings. The molecule has 2 rings (SSSR count). The smallest absolute Gasteiger partial charge is 0.119 e. The lowest BCUT2D eigenvalue weighted by Gasteiger charge is -2.40. The lowest BCUT2D eigenvalue weighted by molar-refractivity contribution is 0.0538. The van der Waals surface area contributed by atoms with Crippen molar-refractivity contribution in [1.29, 1.82) is 0 Å². The van der Waals surface area contributed by atoms with Crippen molar-refractivity contribution in [2.24, 2.45) is 5.41 Å². The number of benzene rings is 1. The number of hydrogen-bond acceptors (Lipinski definition) is 1. The van der Waals surface area contributed by atoms with Crippen molar-refractivity contribution >= 4 is 0 Å². The van der Waals surface area contributed by atoms with Crippen molar-refractivity contribution in [3.8, 4) is 5.75 Å². The van der Waals surface area contributed by atoms with Crippen LogP contribution in [0.3, 0.4) is 0 Å². The number of hydrogen-bond donors (Lipinski definition) is 0. The Labute approximate surface area is 86.1 Å². The van der Waals surface area contributed by atoms with E-state index >= 15 is 0 Å². The van der Waals surface area contributed by atoms with Gasteiger partial charge in [-0.15, -0.1) is 0 Å². The van der Waals surface area contributed by atoms with E-state index in [-0.39, 0.29) is 0 Å². The lowest BCUT2D eigenvalue weighted by Crippen LogP contribution is -2.34. The van der Waals surface area contributed by atoms with Crippen LogP contribution in [-0.4, -0.2) is 6.61 Å². The normalized spacial score (nSPS) is 18.6. The summed E-state index contributed by atoms with van der Waals surface area (Å²) in [7, 11) is 0. The summed E-state index contributed by atoms with van der Waals surface area (Å²) in [6.07, 6.45) is 5.32. The van der Waals surface area contributed by atoms with Gasteiger partial charge in [0.25, 0.3) is 0 Å². The average molecular weight is 190 g/mol. The highest BCUT2D eigenvalue weighted by Crippen LogP contribution is 2.43. The Morgan fingerprint density at radius 1 is 1.21 bits per heavy atom. The maximum absolute atomic E-state index is 5.80. The third-order valence-electron chi connectivity index (χ3n) is 3.45. The Morgan fingerprint density at radius 3 is 2.43 bits per heavy atom. The minimum Gasteiger partial charge on any atom is -0.493 e. The summed E-state index contributed by atoms with van der Waals surface area (Å²) >= 11 is 0. The van der Waals surface area contributed by atoms with Gasteiger partial charge in [-0.05, 0) is 31.4 Å². The van der Waals surface area contributed by atoms with Crippen LogP contribution in [0.25, 0.3) is 0 Å². The van der Waals surface area contributed by atoms with E-state index in [1.54, 1.807) is 0 Å². The maximum atomic E-state index is 5.80. The molecule has 0 aliphatic heterocycles. The summed E-state index contributed by atoms with van der Waals surface area (Å²) in [4.78, 5) is 0. The molecular weight excluding hydrogens is 172 g/mol. The first-order valence-corrected chi connectivity index (χ1v) is 5.52. The zero-order valence-corrected chi connectivity index (χ0v) is 8.83. The van der Waals surface area contributed by atoms with Crippen LogP contribution in [0.1, 0.15) is 32.6 Å². The Bertz CT molecular complexity index is 269. The molecule has 0 aromatic heterocycles. The van der Waals surface area contributed by atoms with E-state index < -0.39 is 0 Å². The van der Waals surface area contributed by atoms with Gasteiger partial charge < -0.3 is 4.74 Å². The lowest BCUT2D eigenvalue weighted by atomic mass is 9.68. The third-order valence-corrected chi connectivity index (χ3v) is 3.45. The van der Waals surface area contributed by atoms with Gasteiger partial charge in [0.1, 0.15) is 5.75 Å². The maximum Gasteiger partial charge on any atom is 0.119 e. The van der Waals surface area contributed by atoms with Gasteiger partial charge in [-0.3, -0.25) is 0 Å². The number of rotatable bonds is 4. The van der Waals surface area contributed by atoms with Crippen molar-refractivity contribution in [3.63, 3.8) is 0 Å². The second-order valence-electron chi connectivity index (χ2n) is 4.31. The molecule has 0 spiro atoms. The molecule has 1 aliphatic carbocycles. The standard InChI is InChI=1S/C13H18O/c1-2-13(9-6-10-13)11-14-12-7-4-3-5-8-12/h3-5,7-8H,2,6,9-11H2,1H3. The van der Waals surface area contributed by atoms with Gasteiger partial charge in [-0.2, -0.15) is 0 Å². The van der Waals surface area contributed by atoms with Gasteiger partial charge in [0.05, 0.1) is 6.61 Å². The molecule has 1 nitrogen and oxygen atoms in total. The minimum absolute atomic E-state index is 0.496. The van der Waals surface area contributed by atoms with Crippen LogP contribution in [-0.2, 0) is 0 Å². The molecule has 0 amide bonds. The van der Waals surface area contributed by atoms with Crippen LogP contribution < -0.4 is 4.74 Å². The van der Waals surface area contributed by atoms with Crippen LogP contribution in [0, 0.1) is 5.41 Å². The molecule has 0 heterocycles. The summed E-state index contributed by atoms with van der Waals surface area (Å²) in [5, 5.41) is 0. The van der Waals surface area contributed by atoms with Gasteiger partial charge in [0.2, 0.25) is 0 Å². The summed E-state index contributed by atoms with van der Waals surface area (Å²) < 4.78 is 5.80. The summed E-state index contributed by atoms with van der Waals surface area (Å²) in [5.74, 6) is 1.01. The Morgan fingerprint density at radius 2 is 1.93 bits per heavy atom. The molecule has 0 N–H and O–H groups in total. The van der Waals surface area contributed by atoms with Crippen LogP contribution in [0.15, 0.2) is 30.3 Å². The van der Waals surface area contributed by atoms with Gasteiger partial charge in [0.15, 0.2) is 0 Å². The van der Waals surface area contributed by atoms with Gasteiger partial charge in [-0.1, -0.05) is 31.5 Å². The van der Waals surface area contributed by atoms with Crippen LogP contribution >= 0.6 is 0 Å². The zero-order chi connectivity index (χ0) is 9.86. The molecule has 0 bridgehead atoms.